The van der Waals surface area contributed by atoms with E-state index in [0.29, 0.717) is 80.9 Å². The summed E-state index contributed by atoms with van der Waals surface area (Å²) in [6.45, 7) is 43.4. The molecule has 0 spiro atoms. The van der Waals surface area contributed by atoms with Crippen LogP contribution >= 0.6 is 9.93 Å². The summed E-state index contributed by atoms with van der Waals surface area (Å²) in [7, 11) is -8.30. The van der Waals surface area contributed by atoms with Crippen LogP contribution in [-0.4, -0.2) is 84.6 Å². The van der Waals surface area contributed by atoms with Crippen molar-refractivity contribution in [2.45, 2.75) is 205 Å². The van der Waals surface area contributed by atoms with Crippen LogP contribution < -0.4 is 0 Å². The highest BCUT2D eigenvalue weighted by Gasteiger charge is 2.45. The van der Waals surface area contributed by atoms with Gasteiger partial charge < -0.3 is 20.4 Å². The lowest BCUT2D eigenvalue weighted by molar-refractivity contribution is 0.283. The third-order valence-corrected chi connectivity index (χ3v) is 27.1. The van der Waals surface area contributed by atoms with Gasteiger partial charge in [-0.2, -0.15) is 0 Å². The maximum Gasteiger partial charge on any atom is 0.158 e. The number of fused-ring (bicyclic) bond motifs is 4. The van der Waals surface area contributed by atoms with Crippen molar-refractivity contribution in [3.05, 3.63) is 168 Å². The Labute approximate surface area is 584 Å². The van der Waals surface area contributed by atoms with Crippen LogP contribution in [-0.2, 0) is 30.6 Å². The SMILES string of the molecule is CC(C)(C)CC(C)(C)c1cc(-n2nc3ccccc3n2)c(O)c([SH](c2cc(C(C)(C)CC(C)(C)C)cc(-n3nc4ccccc4n3)c2O)[SH](=O)(c2cc(C(C)(C)CC(C)(C)C)cc(-n3nc4ccccc4n3)c2O)c2cc(C(C)(C)CC(C)(C)C)cc(-n3nc4ccccc4n3)c2O)c1. The summed E-state index contributed by atoms with van der Waals surface area (Å²) in [5.41, 5.74) is 4.01. The van der Waals surface area contributed by atoms with Crippen LogP contribution in [0.1, 0.15) is 186 Å². The van der Waals surface area contributed by atoms with Gasteiger partial charge in [0.25, 0.3) is 0 Å². The largest absolute Gasteiger partial charge is 0.505 e. The Morgan fingerprint density at radius 2 is 0.495 bits per heavy atom. The number of nitrogens with zero attached hydrogens (tertiary/aromatic N) is 12. The van der Waals surface area contributed by atoms with Gasteiger partial charge in [-0.25, -0.2) is 0 Å². The number of phenolic OH excluding ortho intramolecular Hbond substituents is 4. The summed E-state index contributed by atoms with van der Waals surface area (Å²) >= 11 is 0. The number of thiol groups is 2. The first-order chi connectivity index (χ1) is 46.0. The highest BCUT2D eigenvalue weighted by atomic mass is 33.2. The Balaban J connectivity index is 1.36. The molecule has 17 nitrogen and oxygen atoms in total. The standard InChI is InChI=1S/C80H98N12O5S2/c1-73(2,3)45-77(13,14)49-37-61(89-81-53-29-21-22-30-54(53)82-89)69(93)65(41-49)98(66-42-50(78(15,16)46-74(4,5)6)38-62(70(66)94)90-83-55-31-23-24-32-56(55)84-90)99(97,67-43-51(79(17,18)47-75(7,8)9)39-63(71(67)95)91-85-57-33-25-26-34-58(57)86-91)68-44-52(80(19,20)48-76(10,11)12)40-64(72(68)96)92-87-59-35-27-28-36-60(59)88-92/h21-44,93-96,98-99H,45-48H2,1-20H3. The molecule has 8 aromatic carbocycles. The van der Waals surface area contributed by atoms with Crippen LogP contribution in [0.15, 0.2) is 165 Å². The molecule has 12 rings (SSSR count). The second kappa shape index (κ2) is 24.5. The van der Waals surface area contributed by atoms with E-state index in [2.05, 4.69) is 138 Å². The molecule has 4 heterocycles. The van der Waals surface area contributed by atoms with E-state index in [1.807, 2.05) is 146 Å². The van der Waals surface area contributed by atoms with Gasteiger partial charge in [-0.15, -0.1) is 69.9 Å². The predicted octanol–water partition coefficient (Wildman–Crippen LogP) is 18.8. The zero-order valence-corrected chi connectivity index (χ0v) is 62.9. The van der Waals surface area contributed by atoms with Gasteiger partial charge in [0.1, 0.15) is 66.9 Å². The first kappa shape index (κ1) is 69.9. The normalized spacial score (nSPS) is 13.8. The third kappa shape index (κ3) is 13.8. The van der Waals surface area contributed by atoms with Crippen molar-refractivity contribution < 1.29 is 24.6 Å². The van der Waals surface area contributed by atoms with Crippen molar-refractivity contribution in [3.8, 4) is 45.7 Å². The van der Waals surface area contributed by atoms with E-state index in [9.17, 15) is 20.4 Å². The molecule has 0 amide bonds. The highest BCUT2D eigenvalue weighted by Crippen LogP contribution is 2.69. The molecule has 0 unspecified atom stereocenters. The molecule has 0 aliphatic carbocycles. The molecule has 0 aliphatic heterocycles. The van der Waals surface area contributed by atoms with Gasteiger partial charge in [0.15, 0.2) is 23.0 Å². The average Bonchev–Trinajstić information content (AvgIpc) is 1.07. The summed E-state index contributed by atoms with van der Waals surface area (Å²) in [6.07, 6.45) is 2.50. The summed E-state index contributed by atoms with van der Waals surface area (Å²) in [5, 5.41) is 97.7. The minimum absolute atomic E-state index is 0.0819. The van der Waals surface area contributed by atoms with E-state index >= 15 is 4.21 Å². The molecule has 520 valence electrons. The third-order valence-electron chi connectivity index (χ3n) is 18.7. The fourth-order valence-electron chi connectivity index (χ4n) is 15.7. The van der Waals surface area contributed by atoms with Gasteiger partial charge in [-0.05, 0) is 197 Å². The van der Waals surface area contributed by atoms with Crippen LogP contribution in [0.25, 0.3) is 66.9 Å². The molecule has 0 bridgehead atoms. The lowest BCUT2D eigenvalue weighted by atomic mass is 9.72. The summed E-state index contributed by atoms with van der Waals surface area (Å²) in [4.78, 5) is 5.79. The van der Waals surface area contributed by atoms with E-state index in [4.69, 9.17) is 40.8 Å². The molecule has 19 heteroatoms. The predicted molar refractivity (Wildman–Crippen MR) is 402 cm³/mol. The van der Waals surface area contributed by atoms with Gasteiger partial charge in [-0.1, -0.05) is 187 Å². The topological polar surface area (TPSA) is 221 Å². The Morgan fingerprint density at radius 1 is 0.303 bits per heavy atom. The molecule has 99 heavy (non-hydrogen) atoms. The van der Waals surface area contributed by atoms with Crippen LogP contribution in [0.3, 0.4) is 0 Å². The van der Waals surface area contributed by atoms with Crippen LogP contribution in [0.5, 0.6) is 23.0 Å². The van der Waals surface area contributed by atoms with Crippen LogP contribution in [0.2, 0.25) is 0 Å². The van der Waals surface area contributed by atoms with Crippen LogP contribution in [0.4, 0.5) is 0 Å². The van der Waals surface area contributed by atoms with Crippen molar-refractivity contribution in [2.24, 2.45) is 21.7 Å². The maximum atomic E-state index is 20.4. The molecule has 4 N–H and O–H groups in total. The number of rotatable bonds is 17. The van der Waals surface area contributed by atoms with Gasteiger partial charge in [-0.3, -0.25) is 4.21 Å². The van der Waals surface area contributed by atoms with Gasteiger partial charge in [0.05, 0.1) is 9.79 Å². The molecular weight excluding hydrogens is 1270 g/mol. The smallest absolute Gasteiger partial charge is 0.158 e. The summed E-state index contributed by atoms with van der Waals surface area (Å²) in [5.74, 6) is -1.57. The highest BCUT2D eigenvalue weighted by molar-refractivity contribution is 8.85. The number of phenols is 4. The Morgan fingerprint density at radius 3 is 0.697 bits per heavy atom. The van der Waals surface area contributed by atoms with Crippen molar-refractivity contribution >= 4 is 63.0 Å². The van der Waals surface area contributed by atoms with E-state index in [1.54, 1.807) is 0 Å². The Hall–Kier alpha value is -8.94. The minimum atomic E-state index is -5.26. The van der Waals surface area contributed by atoms with E-state index in [0.717, 1.165) is 11.1 Å². The number of aromatic nitrogens is 12. The zero-order chi connectivity index (χ0) is 71.7. The fraction of sp³-hybridized carbons (Fsp3) is 0.400. The molecular formula is C80H98N12O5S2. The quantitative estimate of drug-likeness (QED) is 0.0369. The second-order valence-corrected chi connectivity index (χ2v) is 41.3. The second-order valence-electron chi connectivity index (χ2n) is 34.7. The molecule has 0 fully saturated rings. The monoisotopic (exact) mass is 1370 g/mol. The molecule has 0 atom stereocenters. The lowest BCUT2D eigenvalue weighted by Crippen LogP contribution is -2.28. The summed E-state index contributed by atoms with van der Waals surface area (Å²) in [6, 6.07) is 45.0. The molecule has 0 saturated carbocycles. The van der Waals surface area contributed by atoms with E-state index < -0.39 is 52.1 Å². The average molecular weight is 1370 g/mol. The summed E-state index contributed by atoms with van der Waals surface area (Å²) < 4.78 is 20.4. The Bertz CT molecular complexity index is 4710. The number of benzene rings is 8. The maximum absolute atomic E-state index is 20.4. The number of hydrogen-bond donors (Lipinski definition) is 6. The zero-order valence-electron chi connectivity index (χ0n) is 61.1. The number of aromatic hydroxyl groups is 4. The first-order valence-corrected chi connectivity index (χ1v) is 38.0. The molecule has 12 aromatic rings. The lowest BCUT2D eigenvalue weighted by Gasteiger charge is -2.42. The first-order valence-electron chi connectivity index (χ1n) is 34.2. The van der Waals surface area contributed by atoms with E-state index in [1.165, 1.54) is 19.2 Å². The van der Waals surface area contributed by atoms with Crippen LogP contribution in [0, 0.1) is 21.7 Å². The van der Waals surface area contributed by atoms with Crippen molar-refractivity contribution in [3.63, 3.8) is 0 Å². The number of hydrogen-bond acceptors (Lipinski definition) is 13. The molecule has 0 aliphatic rings. The Kier molecular flexibility index (Phi) is 17.3. The molecule has 4 aromatic heterocycles. The van der Waals surface area contributed by atoms with Gasteiger partial charge in [0, 0.05) is 9.79 Å². The van der Waals surface area contributed by atoms with Crippen molar-refractivity contribution in [1.29, 1.82) is 0 Å². The van der Waals surface area contributed by atoms with Gasteiger partial charge in [0.2, 0.25) is 0 Å². The molecule has 0 saturated heterocycles. The van der Waals surface area contributed by atoms with Crippen molar-refractivity contribution in [1.82, 2.24) is 60.0 Å². The fourth-order valence-corrected chi connectivity index (χ4v) is 24.8. The van der Waals surface area contributed by atoms with E-state index in [-0.39, 0.29) is 75.5 Å². The molecule has 0 radical (unpaired) electrons. The minimum Gasteiger partial charge on any atom is -0.505 e. The van der Waals surface area contributed by atoms with Gasteiger partial charge >= 0.3 is 0 Å². The van der Waals surface area contributed by atoms with Crippen molar-refractivity contribution in [2.75, 3.05) is 0 Å².